The summed E-state index contributed by atoms with van der Waals surface area (Å²) in [7, 11) is 1.94. The first kappa shape index (κ1) is 9.62. The molecule has 0 fully saturated rings. The van der Waals surface area contributed by atoms with E-state index >= 15 is 0 Å². The van der Waals surface area contributed by atoms with Crippen LogP contribution < -0.4 is 5.32 Å². The Hall–Kier alpha value is -0.930. The van der Waals surface area contributed by atoms with Crippen LogP contribution in [0.25, 0.3) is 10.9 Å². The molecule has 2 rings (SSSR count). The molecule has 0 radical (unpaired) electrons. The van der Waals surface area contributed by atoms with Crippen molar-refractivity contribution in [3.8, 4) is 0 Å². The highest BCUT2D eigenvalue weighted by molar-refractivity contribution is 9.10. The van der Waals surface area contributed by atoms with Crippen LogP contribution in [0.5, 0.6) is 0 Å². The summed E-state index contributed by atoms with van der Waals surface area (Å²) in [5.74, 6) is 0. The summed E-state index contributed by atoms with van der Waals surface area (Å²) in [4.78, 5) is 4.38. The fraction of sp³-hybridized carbons (Fsp3) is 0.182. The van der Waals surface area contributed by atoms with Gasteiger partial charge in [0.1, 0.15) is 0 Å². The van der Waals surface area contributed by atoms with Crippen LogP contribution in [0.1, 0.15) is 5.56 Å². The van der Waals surface area contributed by atoms with Crippen LogP contribution in [-0.4, -0.2) is 12.0 Å². The molecule has 0 saturated carbocycles. The molecule has 0 saturated heterocycles. The van der Waals surface area contributed by atoms with Gasteiger partial charge in [0, 0.05) is 22.6 Å². The van der Waals surface area contributed by atoms with E-state index in [-0.39, 0.29) is 0 Å². The average molecular weight is 251 g/mol. The number of nitrogens with one attached hydrogen (secondary N) is 1. The standard InChI is InChI=1S/C11H11BrN2/c1-13-6-8-4-9-5-10(12)2-3-11(9)14-7-8/h2-5,7,13H,6H2,1H3. The first-order valence-electron chi connectivity index (χ1n) is 4.48. The Labute approximate surface area is 91.5 Å². The molecule has 0 bridgehead atoms. The SMILES string of the molecule is CNCc1cnc2ccc(Br)cc2c1. The molecule has 1 heterocycles. The van der Waals surface area contributed by atoms with Gasteiger partial charge in [0.25, 0.3) is 0 Å². The topological polar surface area (TPSA) is 24.9 Å². The lowest BCUT2D eigenvalue weighted by Crippen LogP contribution is -2.05. The van der Waals surface area contributed by atoms with Crippen LogP contribution >= 0.6 is 15.9 Å². The second kappa shape index (κ2) is 4.07. The molecule has 3 heteroatoms. The smallest absolute Gasteiger partial charge is 0.0702 e. The molecule has 0 unspecified atom stereocenters. The van der Waals surface area contributed by atoms with E-state index in [9.17, 15) is 0 Å². The van der Waals surface area contributed by atoms with Gasteiger partial charge in [0.15, 0.2) is 0 Å². The molecule has 0 aliphatic carbocycles. The summed E-state index contributed by atoms with van der Waals surface area (Å²) in [6.45, 7) is 0.857. The van der Waals surface area contributed by atoms with E-state index < -0.39 is 0 Å². The van der Waals surface area contributed by atoms with Crippen LogP contribution in [0, 0.1) is 0 Å². The van der Waals surface area contributed by atoms with Crippen molar-refractivity contribution < 1.29 is 0 Å². The lowest BCUT2D eigenvalue weighted by Gasteiger charge is -2.02. The molecule has 1 N–H and O–H groups in total. The Morgan fingerprint density at radius 1 is 1.36 bits per heavy atom. The van der Waals surface area contributed by atoms with Crippen molar-refractivity contribution >= 4 is 26.8 Å². The van der Waals surface area contributed by atoms with Gasteiger partial charge in [0.05, 0.1) is 5.52 Å². The lowest BCUT2D eigenvalue weighted by atomic mass is 10.1. The highest BCUT2D eigenvalue weighted by atomic mass is 79.9. The predicted molar refractivity (Wildman–Crippen MR) is 62.2 cm³/mol. The molecular weight excluding hydrogens is 240 g/mol. The highest BCUT2D eigenvalue weighted by Crippen LogP contribution is 2.18. The molecule has 1 aromatic heterocycles. The Bertz CT molecular complexity index is 454. The van der Waals surface area contributed by atoms with Crippen molar-refractivity contribution in [2.24, 2.45) is 0 Å². The number of rotatable bonds is 2. The molecular formula is C11H11BrN2. The minimum absolute atomic E-state index is 0.857. The monoisotopic (exact) mass is 250 g/mol. The van der Waals surface area contributed by atoms with Crippen molar-refractivity contribution in [3.63, 3.8) is 0 Å². The van der Waals surface area contributed by atoms with Gasteiger partial charge in [-0.15, -0.1) is 0 Å². The number of pyridine rings is 1. The van der Waals surface area contributed by atoms with Crippen molar-refractivity contribution in [3.05, 3.63) is 40.5 Å². The van der Waals surface area contributed by atoms with Gasteiger partial charge in [-0.2, -0.15) is 0 Å². The van der Waals surface area contributed by atoms with E-state index in [0.717, 1.165) is 16.5 Å². The van der Waals surface area contributed by atoms with Gasteiger partial charge in [0.2, 0.25) is 0 Å². The van der Waals surface area contributed by atoms with Gasteiger partial charge in [-0.25, -0.2) is 0 Å². The quantitative estimate of drug-likeness (QED) is 0.887. The summed E-state index contributed by atoms with van der Waals surface area (Å²) < 4.78 is 1.09. The zero-order chi connectivity index (χ0) is 9.97. The predicted octanol–water partition coefficient (Wildman–Crippen LogP) is 2.72. The van der Waals surface area contributed by atoms with Gasteiger partial charge in [-0.05, 0) is 36.9 Å². The second-order valence-electron chi connectivity index (χ2n) is 3.21. The Balaban J connectivity index is 2.52. The molecule has 72 valence electrons. The van der Waals surface area contributed by atoms with Crippen molar-refractivity contribution in [1.29, 1.82) is 0 Å². The van der Waals surface area contributed by atoms with E-state index in [2.05, 4.69) is 38.4 Å². The number of aromatic nitrogens is 1. The first-order chi connectivity index (χ1) is 6.79. The molecule has 2 aromatic rings. The van der Waals surface area contributed by atoms with Crippen LogP contribution in [0.2, 0.25) is 0 Å². The van der Waals surface area contributed by atoms with Crippen LogP contribution in [0.4, 0.5) is 0 Å². The Morgan fingerprint density at radius 2 is 2.21 bits per heavy atom. The van der Waals surface area contributed by atoms with E-state index in [4.69, 9.17) is 0 Å². The third-order valence-electron chi connectivity index (χ3n) is 2.08. The molecule has 2 nitrogen and oxygen atoms in total. The average Bonchev–Trinajstić information content (AvgIpc) is 2.17. The second-order valence-corrected chi connectivity index (χ2v) is 4.13. The Kier molecular flexibility index (Phi) is 2.79. The van der Waals surface area contributed by atoms with Crippen LogP contribution in [-0.2, 0) is 6.54 Å². The number of nitrogens with zero attached hydrogens (tertiary/aromatic N) is 1. The van der Waals surface area contributed by atoms with Gasteiger partial charge in [-0.1, -0.05) is 15.9 Å². The van der Waals surface area contributed by atoms with Gasteiger partial charge >= 0.3 is 0 Å². The number of hydrogen-bond donors (Lipinski definition) is 1. The van der Waals surface area contributed by atoms with Crippen molar-refractivity contribution in [2.45, 2.75) is 6.54 Å². The summed E-state index contributed by atoms with van der Waals surface area (Å²) in [5, 5.41) is 4.28. The summed E-state index contributed by atoms with van der Waals surface area (Å²) in [6, 6.07) is 8.26. The van der Waals surface area contributed by atoms with E-state index in [1.807, 2.05) is 25.4 Å². The maximum atomic E-state index is 4.38. The summed E-state index contributed by atoms with van der Waals surface area (Å²) >= 11 is 3.45. The number of halogens is 1. The summed E-state index contributed by atoms with van der Waals surface area (Å²) in [5.41, 5.74) is 2.24. The number of fused-ring (bicyclic) bond motifs is 1. The molecule has 1 aromatic carbocycles. The first-order valence-corrected chi connectivity index (χ1v) is 5.27. The lowest BCUT2D eigenvalue weighted by molar-refractivity contribution is 0.815. The third-order valence-corrected chi connectivity index (χ3v) is 2.57. The molecule has 0 aliphatic heterocycles. The van der Waals surface area contributed by atoms with E-state index in [0.29, 0.717) is 0 Å². The normalized spacial score (nSPS) is 10.7. The summed E-state index contributed by atoms with van der Waals surface area (Å²) in [6.07, 6.45) is 1.91. The van der Waals surface area contributed by atoms with Crippen molar-refractivity contribution in [2.75, 3.05) is 7.05 Å². The van der Waals surface area contributed by atoms with E-state index in [1.54, 1.807) is 0 Å². The fourth-order valence-electron chi connectivity index (χ4n) is 1.45. The minimum Gasteiger partial charge on any atom is -0.316 e. The highest BCUT2D eigenvalue weighted by Gasteiger charge is 1.97. The molecule has 0 atom stereocenters. The molecule has 14 heavy (non-hydrogen) atoms. The maximum absolute atomic E-state index is 4.38. The zero-order valence-corrected chi connectivity index (χ0v) is 9.51. The zero-order valence-electron chi connectivity index (χ0n) is 7.92. The fourth-order valence-corrected chi connectivity index (χ4v) is 1.83. The van der Waals surface area contributed by atoms with E-state index in [1.165, 1.54) is 10.9 Å². The van der Waals surface area contributed by atoms with Crippen LogP contribution in [0.15, 0.2) is 34.9 Å². The maximum Gasteiger partial charge on any atom is 0.0702 e. The molecule has 0 amide bonds. The van der Waals surface area contributed by atoms with Crippen molar-refractivity contribution in [1.82, 2.24) is 10.3 Å². The minimum atomic E-state index is 0.857. The van der Waals surface area contributed by atoms with Crippen LogP contribution in [0.3, 0.4) is 0 Å². The number of benzene rings is 1. The molecule has 0 spiro atoms. The van der Waals surface area contributed by atoms with Gasteiger partial charge < -0.3 is 5.32 Å². The largest absolute Gasteiger partial charge is 0.316 e. The number of hydrogen-bond acceptors (Lipinski definition) is 2. The van der Waals surface area contributed by atoms with Gasteiger partial charge in [-0.3, -0.25) is 4.98 Å². The Morgan fingerprint density at radius 3 is 3.00 bits per heavy atom. The third kappa shape index (κ3) is 1.94. The molecule has 0 aliphatic rings.